The molecule has 1 aromatic carbocycles. The summed E-state index contributed by atoms with van der Waals surface area (Å²) in [5, 5.41) is 7.38. The third-order valence-corrected chi connectivity index (χ3v) is 5.13. The average molecular weight is 328 g/mol. The summed E-state index contributed by atoms with van der Waals surface area (Å²) in [5.74, 6) is 1.13. The molecule has 3 atom stereocenters. The zero-order valence-electron chi connectivity index (χ0n) is 11.9. The van der Waals surface area contributed by atoms with Crippen LogP contribution < -0.4 is 10.6 Å². The second-order valence-electron chi connectivity index (χ2n) is 5.76. The van der Waals surface area contributed by atoms with Crippen LogP contribution in [-0.2, 0) is 0 Å². The lowest BCUT2D eigenvalue weighted by Crippen LogP contribution is -2.42. The molecular formula is C15H19Cl2N3O. The van der Waals surface area contributed by atoms with E-state index in [0.717, 1.165) is 26.1 Å². The first kappa shape index (κ1) is 14.9. The molecule has 21 heavy (non-hydrogen) atoms. The van der Waals surface area contributed by atoms with Crippen LogP contribution in [0.5, 0.6) is 0 Å². The van der Waals surface area contributed by atoms with Gasteiger partial charge in [-0.2, -0.15) is 0 Å². The third kappa shape index (κ3) is 2.85. The topological polar surface area (TPSA) is 44.4 Å². The molecule has 3 unspecified atom stereocenters. The Kier molecular flexibility index (Phi) is 4.29. The summed E-state index contributed by atoms with van der Waals surface area (Å²) in [7, 11) is 0. The maximum Gasteiger partial charge on any atom is 0.322 e. The van der Waals surface area contributed by atoms with Gasteiger partial charge in [0, 0.05) is 30.7 Å². The quantitative estimate of drug-likeness (QED) is 0.873. The Hall–Kier alpha value is -0.970. The number of urea groups is 1. The number of carbonyl (C=O) groups excluding carboxylic acids is 1. The van der Waals surface area contributed by atoms with Crippen molar-refractivity contribution in [2.75, 3.05) is 25.0 Å². The molecule has 6 heteroatoms. The molecule has 114 valence electrons. The van der Waals surface area contributed by atoms with Gasteiger partial charge in [0.2, 0.25) is 0 Å². The van der Waals surface area contributed by atoms with E-state index in [9.17, 15) is 4.79 Å². The van der Waals surface area contributed by atoms with E-state index in [0.29, 0.717) is 33.6 Å². The van der Waals surface area contributed by atoms with Crippen molar-refractivity contribution in [2.24, 2.45) is 11.8 Å². The number of carbonyl (C=O) groups is 1. The fourth-order valence-corrected chi connectivity index (χ4v) is 3.90. The van der Waals surface area contributed by atoms with E-state index in [-0.39, 0.29) is 6.03 Å². The van der Waals surface area contributed by atoms with Gasteiger partial charge in [-0.05, 0) is 36.5 Å². The van der Waals surface area contributed by atoms with E-state index in [1.165, 1.54) is 0 Å². The predicted molar refractivity (Wildman–Crippen MR) is 86.1 cm³/mol. The first-order valence-electron chi connectivity index (χ1n) is 7.33. The lowest BCUT2D eigenvalue weighted by atomic mass is 9.93. The Labute approximate surface area is 134 Å². The number of likely N-dealkylation sites (tertiary alicyclic amines) is 1. The van der Waals surface area contributed by atoms with Crippen molar-refractivity contribution in [2.45, 2.75) is 19.4 Å². The van der Waals surface area contributed by atoms with Gasteiger partial charge in [0.05, 0.1) is 10.7 Å². The van der Waals surface area contributed by atoms with Gasteiger partial charge in [0.15, 0.2) is 0 Å². The molecule has 2 N–H and O–H groups in total. The van der Waals surface area contributed by atoms with Gasteiger partial charge in [-0.3, -0.25) is 0 Å². The Balaban J connectivity index is 1.74. The first-order valence-corrected chi connectivity index (χ1v) is 8.09. The molecule has 0 aliphatic carbocycles. The van der Waals surface area contributed by atoms with Crippen LogP contribution in [-0.4, -0.2) is 36.6 Å². The van der Waals surface area contributed by atoms with Crippen molar-refractivity contribution in [3.63, 3.8) is 0 Å². The van der Waals surface area contributed by atoms with Crippen LogP contribution in [0, 0.1) is 11.8 Å². The zero-order valence-corrected chi connectivity index (χ0v) is 13.4. The van der Waals surface area contributed by atoms with Crippen LogP contribution in [0.2, 0.25) is 10.0 Å². The van der Waals surface area contributed by atoms with E-state index in [1.54, 1.807) is 18.2 Å². The highest BCUT2D eigenvalue weighted by atomic mass is 35.5. The Bertz CT molecular complexity index is 552. The van der Waals surface area contributed by atoms with Crippen LogP contribution >= 0.6 is 23.2 Å². The molecule has 0 bridgehead atoms. The minimum atomic E-state index is -0.0829. The number of nitrogens with one attached hydrogen (secondary N) is 2. The molecule has 2 saturated heterocycles. The second kappa shape index (κ2) is 6.03. The Morgan fingerprint density at radius 2 is 2.24 bits per heavy atom. The molecular weight excluding hydrogens is 309 g/mol. The van der Waals surface area contributed by atoms with Gasteiger partial charge < -0.3 is 15.5 Å². The number of anilines is 1. The second-order valence-corrected chi connectivity index (χ2v) is 6.61. The largest absolute Gasteiger partial charge is 0.322 e. The zero-order chi connectivity index (χ0) is 15.0. The fourth-order valence-electron chi connectivity index (χ4n) is 3.56. The van der Waals surface area contributed by atoms with Crippen molar-refractivity contribution in [1.29, 1.82) is 0 Å². The summed E-state index contributed by atoms with van der Waals surface area (Å²) in [4.78, 5) is 14.5. The summed E-state index contributed by atoms with van der Waals surface area (Å²) in [5.41, 5.74) is 0.569. The predicted octanol–water partition coefficient (Wildman–Crippen LogP) is 3.46. The molecule has 4 nitrogen and oxygen atoms in total. The molecule has 3 rings (SSSR count). The average Bonchev–Trinajstić information content (AvgIpc) is 3.02. The van der Waals surface area contributed by atoms with Gasteiger partial charge >= 0.3 is 6.03 Å². The lowest BCUT2D eigenvalue weighted by molar-refractivity contribution is 0.196. The highest BCUT2D eigenvalue weighted by Crippen LogP contribution is 2.35. The van der Waals surface area contributed by atoms with Crippen molar-refractivity contribution >= 4 is 34.9 Å². The monoisotopic (exact) mass is 327 g/mol. The number of amides is 2. The number of hydrogen-bond acceptors (Lipinski definition) is 2. The number of rotatable bonds is 2. The summed E-state index contributed by atoms with van der Waals surface area (Å²) in [6, 6.07) is 5.30. The molecule has 2 aliphatic heterocycles. The lowest BCUT2D eigenvalue weighted by Gasteiger charge is -2.27. The number of benzene rings is 1. The van der Waals surface area contributed by atoms with Crippen molar-refractivity contribution < 1.29 is 4.79 Å². The maximum atomic E-state index is 12.6. The Morgan fingerprint density at radius 1 is 1.43 bits per heavy atom. The van der Waals surface area contributed by atoms with Gasteiger partial charge in [-0.15, -0.1) is 0 Å². The molecule has 2 fully saturated rings. The van der Waals surface area contributed by atoms with E-state index in [1.807, 2.05) is 4.90 Å². The van der Waals surface area contributed by atoms with E-state index in [4.69, 9.17) is 23.2 Å². The molecule has 2 amide bonds. The van der Waals surface area contributed by atoms with Crippen LogP contribution in [0.1, 0.15) is 13.3 Å². The van der Waals surface area contributed by atoms with Crippen molar-refractivity contribution in [3.05, 3.63) is 28.2 Å². The minimum absolute atomic E-state index is 0.0829. The summed E-state index contributed by atoms with van der Waals surface area (Å²) < 4.78 is 0. The molecule has 0 spiro atoms. The maximum absolute atomic E-state index is 12.6. The first-order chi connectivity index (χ1) is 10.1. The molecule has 0 radical (unpaired) electrons. The molecule has 2 heterocycles. The van der Waals surface area contributed by atoms with Crippen LogP contribution in [0.3, 0.4) is 0 Å². The summed E-state index contributed by atoms with van der Waals surface area (Å²) >= 11 is 12.1. The van der Waals surface area contributed by atoms with Gasteiger partial charge in [-0.1, -0.05) is 30.1 Å². The number of hydrogen-bond donors (Lipinski definition) is 2. The van der Waals surface area contributed by atoms with E-state index < -0.39 is 0 Å². The van der Waals surface area contributed by atoms with Crippen molar-refractivity contribution in [3.8, 4) is 0 Å². The summed E-state index contributed by atoms with van der Waals surface area (Å²) in [6.07, 6.45) is 0.972. The summed E-state index contributed by atoms with van der Waals surface area (Å²) in [6.45, 7) is 4.95. The minimum Gasteiger partial charge on any atom is -0.321 e. The van der Waals surface area contributed by atoms with Crippen molar-refractivity contribution in [1.82, 2.24) is 10.2 Å². The van der Waals surface area contributed by atoms with Gasteiger partial charge in [0.1, 0.15) is 0 Å². The van der Waals surface area contributed by atoms with Gasteiger partial charge in [-0.25, -0.2) is 4.79 Å². The molecule has 2 aliphatic rings. The number of fused-ring (bicyclic) bond motifs is 1. The van der Waals surface area contributed by atoms with Crippen LogP contribution in [0.25, 0.3) is 0 Å². The van der Waals surface area contributed by atoms with Gasteiger partial charge in [0.25, 0.3) is 0 Å². The Morgan fingerprint density at radius 3 is 3.00 bits per heavy atom. The normalized spacial score (nSPS) is 27.8. The number of nitrogens with zero attached hydrogens (tertiary/aromatic N) is 1. The van der Waals surface area contributed by atoms with Crippen LogP contribution in [0.4, 0.5) is 10.5 Å². The third-order valence-electron chi connectivity index (χ3n) is 4.57. The SMILES string of the molecule is CCC1C2CNCC2CN1C(=O)Nc1cc(Cl)ccc1Cl. The molecule has 1 aromatic rings. The number of halogens is 2. The molecule has 0 aromatic heterocycles. The van der Waals surface area contributed by atoms with E-state index in [2.05, 4.69) is 17.6 Å². The highest BCUT2D eigenvalue weighted by Gasteiger charge is 2.45. The highest BCUT2D eigenvalue weighted by molar-refractivity contribution is 6.35. The van der Waals surface area contributed by atoms with E-state index >= 15 is 0 Å². The smallest absolute Gasteiger partial charge is 0.321 e. The fraction of sp³-hybridized carbons (Fsp3) is 0.533. The molecule has 0 saturated carbocycles. The standard InChI is InChI=1S/C15H19Cl2N3O/c1-2-14-11-7-18-6-9(11)8-20(14)15(21)19-13-5-10(16)3-4-12(13)17/h3-5,9,11,14,18H,2,6-8H2,1H3,(H,19,21). The van der Waals surface area contributed by atoms with Crippen LogP contribution in [0.15, 0.2) is 18.2 Å².